The van der Waals surface area contributed by atoms with E-state index in [2.05, 4.69) is 0 Å². The maximum absolute atomic E-state index is 14.3. The van der Waals surface area contributed by atoms with Crippen molar-refractivity contribution in [2.45, 2.75) is 24.7 Å². The summed E-state index contributed by atoms with van der Waals surface area (Å²) in [4.78, 5) is 0. The van der Waals surface area contributed by atoms with E-state index in [-0.39, 0.29) is 12.1 Å². The number of halogens is 12. The smallest absolute Gasteiger partial charge is 0.192 e. The van der Waals surface area contributed by atoms with Gasteiger partial charge in [-0.1, -0.05) is 12.1 Å². The molecule has 20 heteroatoms. The van der Waals surface area contributed by atoms with Crippen molar-refractivity contribution in [2.75, 3.05) is 0 Å². The molecule has 0 radical (unpaired) electrons. The summed E-state index contributed by atoms with van der Waals surface area (Å²) in [7, 11) is 0. The molecule has 0 bridgehead atoms. The highest BCUT2D eigenvalue weighted by Gasteiger charge is 2.47. The first-order valence-corrected chi connectivity index (χ1v) is 12.9. The quantitative estimate of drug-likeness (QED) is 0.269. The van der Waals surface area contributed by atoms with Gasteiger partial charge < -0.3 is 0 Å². The number of rotatable bonds is 2. The highest BCUT2D eigenvalue weighted by Crippen LogP contribution is 2.46. The summed E-state index contributed by atoms with van der Waals surface area (Å²) in [6, 6.07) is 8.85. The SMILES string of the molecule is N#C/C(c1cc(C#N)c(C(F)(F)F)c(C#N)c1C(F)(F)F)=c1/cc/c(=C(\C#N)c2cc(C#N)c(C(F)(F)F)c(C#N)c2C(F)(F)F)c(C#N)c1C#N. The normalized spacial score (nSPS) is 12.7. The molecular weight excluding hydrogens is 724 g/mol. The third kappa shape index (κ3) is 6.57. The molecule has 0 amide bonds. The van der Waals surface area contributed by atoms with E-state index in [1.807, 2.05) is 0 Å². The minimum atomic E-state index is -5.88. The first-order valence-electron chi connectivity index (χ1n) is 12.9. The van der Waals surface area contributed by atoms with Gasteiger partial charge >= 0.3 is 24.7 Å². The second-order valence-electron chi connectivity index (χ2n) is 9.74. The third-order valence-electron chi connectivity index (χ3n) is 6.98. The monoisotopic (exact) mass is 728 g/mol. The zero-order valence-electron chi connectivity index (χ0n) is 24.4. The molecule has 0 atom stereocenters. The van der Waals surface area contributed by atoms with E-state index < -0.39 is 113 Å². The molecule has 0 heterocycles. The van der Waals surface area contributed by atoms with Crippen LogP contribution in [0.25, 0.3) is 11.1 Å². The van der Waals surface area contributed by atoms with Crippen LogP contribution in [-0.4, -0.2) is 0 Å². The van der Waals surface area contributed by atoms with Crippen molar-refractivity contribution < 1.29 is 52.7 Å². The molecule has 0 saturated heterocycles. The van der Waals surface area contributed by atoms with Crippen LogP contribution in [0.5, 0.6) is 0 Å². The minimum Gasteiger partial charge on any atom is -0.192 e. The molecule has 0 aliphatic carbocycles. The Morgan fingerprint density at radius 3 is 0.846 bits per heavy atom. The molecule has 0 saturated carbocycles. The standard InChI is InChI=1S/C32H4F12N8/c33-29(34,35)25-13(5-45)3-17(27(23(25)11-51)31(39,40)41)19(7-47)15-1-2-16(22(10-50)21(15)9-49)20(8-48)18-4-14(6-46)26(30(36,37)38)24(12-52)28(18)32(42,43)44/h1-4H/b19-15-,20-16+. The molecule has 0 aliphatic heterocycles. The van der Waals surface area contributed by atoms with Crippen LogP contribution in [0.1, 0.15) is 66.8 Å². The average Bonchev–Trinajstić information content (AvgIpc) is 3.05. The van der Waals surface area contributed by atoms with Crippen molar-refractivity contribution >= 4 is 11.1 Å². The van der Waals surface area contributed by atoms with Crippen LogP contribution in [0.3, 0.4) is 0 Å². The van der Waals surface area contributed by atoms with Crippen LogP contribution in [0.4, 0.5) is 52.7 Å². The predicted molar refractivity (Wildman–Crippen MR) is 143 cm³/mol. The molecule has 52 heavy (non-hydrogen) atoms. The van der Waals surface area contributed by atoms with Gasteiger partial charge in [0.15, 0.2) is 0 Å². The van der Waals surface area contributed by atoms with Crippen molar-refractivity contribution in [3.63, 3.8) is 0 Å². The molecular formula is C32H4F12N8. The number of hydrogen-bond acceptors (Lipinski definition) is 8. The minimum absolute atomic E-state index is 0.0797. The van der Waals surface area contributed by atoms with E-state index in [9.17, 15) is 94.8 Å². The van der Waals surface area contributed by atoms with Crippen molar-refractivity contribution in [3.8, 4) is 48.6 Å². The second kappa shape index (κ2) is 13.4. The summed E-state index contributed by atoms with van der Waals surface area (Å²) in [6.07, 6.45) is -23.2. The fourth-order valence-corrected chi connectivity index (χ4v) is 5.12. The highest BCUT2D eigenvalue weighted by molar-refractivity contribution is 5.85. The molecule has 0 spiro atoms. The van der Waals surface area contributed by atoms with Crippen LogP contribution in [0.2, 0.25) is 0 Å². The first-order chi connectivity index (χ1) is 24.0. The summed E-state index contributed by atoms with van der Waals surface area (Å²) in [5.41, 5.74) is -25.5. The molecule has 8 nitrogen and oxygen atoms in total. The van der Waals surface area contributed by atoms with Crippen molar-refractivity contribution in [1.82, 2.24) is 0 Å². The maximum atomic E-state index is 14.3. The molecule has 0 fully saturated rings. The third-order valence-corrected chi connectivity index (χ3v) is 6.98. The van der Waals surface area contributed by atoms with E-state index >= 15 is 0 Å². The Morgan fingerprint density at radius 1 is 0.385 bits per heavy atom. The van der Waals surface area contributed by atoms with Crippen molar-refractivity contribution in [2.24, 2.45) is 0 Å². The zero-order valence-corrected chi connectivity index (χ0v) is 24.4. The Balaban J connectivity index is 2.82. The number of hydrogen-bond donors (Lipinski definition) is 0. The summed E-state index contributed by atoms with van der Waals surface area (Å²) in [5.74, 6) is 0. The second-order valence-corrected chi connectivity index (χ2v) is 9.74. The molecule has 0 N–H and O–H groups in total. The summed E-state index contributed by atoms with van der Waals surface area (Å²) < 4.78 is 168. The van der Waals surface area contributed by atoms with Gasteiger partial charge in [-0.25, -0.2) is 0 Å². The molecule has 256 valence electrons. The first kappa shape index (κ1) is 38.9. The van der Waals surface area contributed by atoms with Crippen LogP contribution in [0.15, 0.2) is 24.3 Å². The Bertz CT molecular complexity index is 2370. The lowest BCUT2D eigenvalue weighted by molar-refractivity contribution is -0.145. The summed E-state index contributed by atoms with van der Waals surface area (Å²) in [5, 5.41) is 75.0. The van der Waals surface area contributed by atoms with E-state index in [4.69, 9.17) is 0 Å². The molecule has 0 aliphatic rings. The van der Waals surface area contributed by atoms with Crippen LogP contribution in [-0.2, 0) is 24.7 Å². The average molecular weight is 728 g/mol. The number of alkyl halides is 12. The summed E-state index contributed by atoms with van der Waals surface area (Å²) >= 11 is 0. The lowest BCUT2D eigenvalue weighted by Crippen LogP contribution is -2.26. The fourth-order valence-electron chi connectivity index (χ4n) is 5.12. The molecule has 0 aromatic heterocycles. The van der Waals surface area contributed by atoms with Gasteiger partial charge in [0.2, 0.25) is 0 Å². The van der Waals surface area contributed by atoms with E-state index in [1.54, 1.807) is 0 Å². The highest BCUT2D eigenvalue weighted by atomic mass is 19.4. The van der Waals surface area contributed by atoms with Crippen molar-refractivity contribution in [3.05, 3.63) is 101 Å². The molecule has 3 aromatic rings. The Kier molecular flexibility index (Phi) is 10.0. The number of nitriles is 8. The van der Waals surface area contributed by atoms with Gasteiger partial charge in [0.05, 0.1) is 78.9 Å². The Labute approximate surface area is 280 Å². The van der Waals surface area contributed by atoms with Crippen molar-refractivity contribution in [1.29, 1.82) is 42.1 Å². The van der Waals surface area contributed by atoms with Crippen LogP contribution >= 0.6 is 0 Å². The van der Waals surface area contributed by atoms with E-state index in [0.717, 1.165) is 24.3 Å². The van der Waals surface area contributed by atoms with Gasteiger partial charge in [0.25, 0.3) is 0 Å². The Morgan fingerprint density at radius 2 is 0.654 bits per heavy atom. The lowest BCUT2D eigenvalue weighted by atomic mass is 9.85. The summed E-state index contributed by atoms with van der Waals surface area (Å²) in [6.45, 7) is 0. The maximum Gasteiger partial charge on any atom is 0.418 e. The molecule has 3 aromatic carbocycles. The van der Waals surface area contributed by atoms with Gasteiger partial charge in [-0.2, -0.15) is 94.8 Å². The molecule has 3 rings (SSSR count). The number of benzene rings is 3. The van der Waals surface area contributed by atoms with Gasteiger partial charge in [0.1, 0.15) is 36.4 Å². The van der Waals surface area contributed by atoms with E-state index in [1.165, 1.54) is 12.1 Å². The van der Waals surface area contributed by atoms with Gasteiger partial charge in [-0.05, 0) is 12.1 Å². The Hall–Kier alpha value is -7.52. The van der Waals surface area contributed by atoms with Crippen LogP contribution in [0, 0.1) is 90.6 Å². The molecule has 0 unspecified atom stereocenters. The predicted octanol–water partition coefficient (Wildman–Crippen LogP) is 6.44. The van der Waals surface area contributed by atoms with Crippen LogP contribution < -0.4 is 10.4 Å². The zero-order chi connectivity index (χ0) is 39.7. The lowest BCUT2D eigenvalue weighted by Gasteiger charge is -2.20. The van der Waals surface area contributed by atoms with Gasteiger partial charge in [-0.3, -0.25) is 0 Å². The fraction of sp³-hybridized carbons (Fsp3) is 0.125. The van der Waals surface area contributed by atoms with Gasteiger partial charge in [-0.15, -0.1) is 0 Å². The largest absolute Gasteiger partial charge is 0.418 e. The topological polar surface area (TPSA) is 190 Å². The number of nitrogens with zero attached hydrogens (tertiary/aromatic N) is 8. The van der Waals surface area contributed by atoms with Gasteiger partial charge in [0, 0.05) is 21.6 Å². The van der Waals surface area contributed by atoms with E-state index in [0.29, 0.717) is 24.3 Å².